The standard InChI is InChI=1S/C24H30ClFN6O2/c1-24(2,3)20(23(34)28-10-5-9-27)30-22(33)19-18-14-31(4)11-6-12-32(18)21(29-19)16-13-15(25)7-8-17(16)26/h7-8,13,20H,5-6,10-12,14H2,1-4H3,(H,28,34)(H,30,33)/t20-/m1/s1. The molecule has 0 saturated heterocycles. The van der Waals surface area contributed by atoms with Gasteiger partial charge in [0.25, 0.3) is 5.91 Å². The fourth-order valence-electron chi connectivity index (χ4n) is 4.00. The molecule has 1 aliphatic rings. The van der Waals surface area contributed by atoms with Crippen molar-refractivity contribution in [3.63, 3.8) is 0 Å². The van der Waals surface area contributed by atoms with Gasteiger partial charge < -0.3 is 20.1 Å². The molecule has 0 bridgehead atoms. The highest BCUT2D eigenvalue weighted by Gasteiger charge is 2.35. The topological polar surface area (TPSA) is 103 Å². The highest BCUT2D eigenvalue weighted by molar-refractivity contribution is 6.30. The second kappa shape index (κ2) is 10.5. The Morgan fingerprint density at radius 2 is 2.06 bits per heavy atom. The number of hydrogen-bond donors (Lipinski definition) is 2. The zero-order valence-corrected chi connectivity index (χ0v) is 20.7. The largest absolute Gasteiger partial charge is 0.353 e. The summed E-state index contributed by atoms with van der Waals surface area (Å²) in [6, 6.07) is 5.37. The maximum Gasteiger partial charge on any atom is 0.272 e. The van der Waals surface area contributed by atoms with Crippen molar-refractivity contribution in [3.8, 4) is 17.5 Å². The molecule has 1 aromatic carbocycles. The predicted octanol–water partition coefficient (Wildman–Crippen LogP) is 3.35. The summed E-state index contributed by atoms with van der Waals surface area (Å²) in [6.45, 7) is 7.56. The van der Waals surface area contributed by atoms with Crippen molar-refractivity contribution in [2.75, 3.05) is 20.1 Å². The first-order valence-corrected chi connectivity index (χ1v) is 11.6. The molecule has 2 aromatic rings. The highest BCUT2D eigenvalue weighted by atomic mass is 35.5. The van der Waals surface area contributed by atoms with Crippen LogP contribution in [0.3, 0.4) is 0 Å². The van der Waals surface area contributed by atoms with Gasteiger partial charge in [-0.05, 0) is 43.6 Å². The van der Waals surface area contributed by atoms with Crippen LogP contribution < -0.4 is 10.6 Å². The van der Waals surface area contributed by atoms with Crippen LogP contribution >= 0.6 is 11.6 Å². The molecule has 8 nitrogen and oxygen atoms in total. The monoisotopic (exact) mass is 488 g/mol. The van der Waals surface area contributed by atoms with E-state index in [1.807, 2.05) is 38.5 Å². The van der Waals surface area contributed by atoms with E-state index in [1.54, 1.807) is 0 Å². The van der Waals surface area contributed by atoms with Crippen molar-refractivity contribution in [1.82, 2.24) is 25.1 Å². The molecule has 182 valence electrons. The average Bonchev–Trinajstić information content (AvgIpc) is 2.99. The molecule has 2 heterocycles. The number of amides is 2. The van der Waals surface area contributed by atoms with Crippen molar-refractivity contribution in [2.45, 2.75) is 52.7 Å². The van der Waals surface area contributed by atoms with Gasteiger partial charge in [0.15, 0.2) is 5.69 Å². The molecule has 10 heteroatoms. The summed E-state index contributed by atoms with van der Waals surface area (Å²) >= 11 is 6.12. The molecule has 0 unspecified atom stereocenters. The fourth-order valence-corrected chi connectivity index (χ4v) is 4.17. The Kier molecular flexibility index (Phi) is 7.95. The van der Waals surface area contributed by atoms with Crippen LogP contribution in [0, 0.1) is 22.6 Å². The van der Waals surface area contributed by atoms with Crippen LogP contribution in [0.1, 0.15) is 49.8 Å². The number of halogens is 2. The molecular formula is C24H30ClFN6O2. The van der Waals surface area contributed by atoms with Gasteiger partial charge in [0.05, 0.1) is 23.7 Å². The second-order valence-corrected chi connectivity index (χ2v) is 10.0. The minimum absolute atomic E-state index is 0.155. The van der Waals surface area contributed by atoms with E-state index in [0.717, 1.165) is 13.0 Å². The summed E-state index contributed by atoms with van der Waals surface area (Å²) in [7, 11) is 1.95. The van der Waals surface area contributed by atoms with Crippen LogP contribution in [0.25, 0.3) is 11.4 Å². The smallest absolute Gasteiger partial charge is 0.272 e. The van der Waals surface area contributed by atoms with E-state index >= 15 is 0 Å². The number of fused-ring (bicyclic) bond motifs is 1. The molecule has 1 aromatic heterocycles. The maximum atomic E-state index is 14.7. The summed E-state index contributed by atoms with van der Waals surface area (Å²) in [6.07, 6.45) is 0.980. The third-order valence-corrected chi connectivity index (χ3v) is 5.97. The van der Waals surface area contributed by atoms with Gasteiger partial charge in [-0.15, -0.1) is 0 Å². The minimum Gasteiger partial charge on any atom is -0.353 e. The lowest BCUT2D eigenvalue weighted by molar-refractivity contribution is -0.125. The number of imidazole rings is 1. The summed E-state index contributed by atoms with van der Waals surface area (Å²) in [5.74, 6) is -1.03. The molecule has 34 heavy (non-hydrogen) atoms. The normalized spacial score (nSPS) is 15.1. The van der Waals surface area contributed by atoms with Crippen molar-refractivity contribution in [1.29, 1.82) is 5.26 Å². The molecule has 0 spiro atoms. The lowest BCUT2D eigenvalue weighted by Gasteiger charge is -2.30. The molecule has 0 fully saturated rings. The summed E-state index contributed by atoms with van der Waals surface area (Å²) < 4.78 is 16.6. The summed E-state index contributed by atoms with van der Waals surface area (Å²) in [5.41, 5.74) is 0.437. The zero-order valence-electron chi connectivity index (χ0n) is 19.9. The number of nitrogens with zero attached hydrogens (tertiary/aromatic N) is 4. The van der Waals surface area contributed by atoms with Gasteiger partial charge in [0.2, 0.25) is 5.91 Å². The number of nitriles is 1. The number of carbonyl (C=O) groups is 2. The molecular weight excluding hydrogens is 459 g/mol. The first-order valence-electron chi connectivity index (χ1n) is 11.2. The van der Waals surface area contributed by atoms with Crippen molar-refractivity contribution >= 4 is 23.4 Å². The third kappa shape index (κ3) is 5.75. The molecule has 1 atom stereocenters. The van der Waals surface area contributed by atoms with Crippen molar-refractivity contribution in [3.05, 3.63) is 40.4 Å². The van der Waals surface area contributed by atoms with Gasteiger partial charge in [-0.3, -0.25) is 9.59 Å². The van der Waals surface area contributed by atoms with Crippen molar-refractivity contribution in [2.24, 2.45) is 5.41 Å². The lowest BCUT2D eigenvalue weighted by Crippen LogP contribution is -2.53. The highest BCUT2D eigenvalue weighted by Crippen LogP contribution is 2.30. The van der Waals surface area contributed by atoms with E-state index < -0.39 is 23.2 Å². The Labute approximate surface area is 204 Å². The Balaban J connectivity index is 2.02. The molecule has 2 N–H and O–H groups in total. The molecule has 0 aliphatic carbocycles. The van der Waals surface area contributed by atoms with Crippen LogP contribution in [0.4, 0.5) is 4.39 Å². The second-order valence-electron chi connectivity index (χ2n) is 9.57. The molecule has 0 radical (unpaired) electrons. The Bertz CT molecular complexity index is 1120. The lowest BCUT2D eigenvalue weighted by atomic mass is 9.86. The van der Waals surface area contributed by atoms with Crippen LogP contribution in [-0.4, -0.2) is 52.4 Å². The first-order chi connectivity index (χ1) is 16.0. The van der Waals surface area contributed by atoms with Gasteiger partial charge in [0.1, 0.15) is 17.7 Å². The molecule has 2 amide bonds. The van der Waals surface area contributed by atoms with E-state index in [1.165, 1.54) is 18.2 Å². The zero-order chi connectivity index (χ0) is 25.0. The third-order valence-electron chi connectivity index (χ3n) is 5.74. The number of benzene rings is 1. The number of nitrogens with one attached hydrogen (secondary N) is 2. The van der Waals surface area contributed by atoms with E-state index in [4.69, 9.17) is 16.9 Å². The molecule has 0 saturated carbocycles. The molecule has 3 rings (SSSR count). The Morgan fingerprint density at radius 1 is 1.32 bits per heavy atom. The minimum atomic E-state index is -0.856. The number of aromatic nitrogens is 2. The van der Waals surface area contributed by atoms with Crippen molar-refractivity contribution < 1.29 is 14.0 Å². The number of rotatable bonds is 6. The predicted molar refractivity (Wildman–Crippen MR) is 128 cm³/mol. The fraction of sp³-hybridized carbons (Fsp3) is 0.500. The van der Waals surface area contributed by atoms with E-state index in [-0.39, 0.29) is 30.1 Å². The Morgan fingerprint density at radius 3 is 2.74 bits per heavy atom. The van der Waals surface area contributed by atoms with Gasteiger partial charge in [0, 0.05) is 24.7 Å². The van der Waals surface area contributed by atoms with Crippen LogP contribution in [0.2, 0.25) is 5.02 Å². The van der Waals surface area contributed by atoms with Gasteiger partial charge in [-0.1, -0.05) is 32.4 Å². The van der Waals surface area contributed by atoms with Gasteiger partial charge in [-0.2, -0.15) is 5.26 Å². The van der Waals surface area contributed by atoms with E-state index in [2.05, 4.69) is 20.5 Å². The Hall–Kier alpha value is -2.96. The first kappa shape index (κ1) is 25.7. The quantitative estimate of drug-likeness (QED) is 0.607. The maximum absolute atomic E-state index is 14.7. The molecule has 1 aliphatic heterocycles. The van der Waals surface area contributed by atoms with Crippen LogP contribution in [-0.2, 0) is 17.9 Å². The summed E-state index contributed by atoms with van der Waals surface area (Å²) in [5, 5.41) is 14.6. The number of carbonyl (C=O) groups excluding carboxylic acids is 2. The summed E-state index contributed by atoms with van der Waals surface area (Å²) in [4.78, 5) is 32.9. The van der Waals surface area contributed by atoms with Gasteiger partial charge >= 0.3 is 0 Å². The average molecular weight is 489 g/mol. The number of hydrogen-bond acceptors (Lipinski definition) is 5. The SMILES string of the molecule is CN1CCCn2c(-c3cc(Cl)ccc3F)nc(C(=O)N[C@H](C(=O)NCCC#N)C(C)(C)C)c2C1. The van der Waals surface area contributed by atoms with E-state index in [0.29, 0.717) is 29.6 Å². The van der Waals surface area contributed by atoms with Crippen LogP contribution in [0.5, 0.6) is 0 Å². The van der Waals surface area contributed by atoms with E-state index in [9.17, 15) is 14.0 Å². The van der Waals surface area contributed by atoms with Gasteiger partial charge in [-0.25, -0.2) is 9.37 Å². The van der Waals surface area contributed by atoms with Crippen LogP contribution in [0.15, 0.2) is 18.2 Å².